The summed E-state index contributed by atoms with van der Waals surface area (Å²) < 4.78 is 0. The van der Waals surface area contributed by atoms with Crippen LogP contribution < -0.4 is 5.32 Å². The Morgan fingerprint density at radius 3 is 2.88 bits per heavy atom. The van der Waals surface area contributed by atoms with Crippen LogP contribution in [-0.4, -0.2) is 21.6 Å². The first-order valence-electron chi connectivity index (χ1n) is 7.46. The molecule has 0 atom stereocenters. The minimum absolute atomic E-state index is 0.100. The van der Waals surface area contributed by atoms with E-state index in [9.17, 15) is 4.79 Å². The second-order valence-corrected chi connectivity index (χ2v) is 7.03. The predicted molar refractivity (Wildman–Crippen MR) is 102 cm³/mol. The van der Waals surface area contributed by atoms with Gasteiger partial charge in [-0.1, -0.05) is 30.0 Å². The van der Waals surface area contributed by atoms with Gasteiger partial charge in [-0.15, -0.1) is 0 Å². The molecule has 0 aliphatic rings. The summed E-state index contributed by atoms with van der Waals surface area (Å²) in [6, 6.07) is 13.2. The Bertz CT molecular complexity index is 963. The zero-order valence-electron chi connectivity index (χ0n) is 13.4. The number of benzene rings is 2. The van der Waals surface area contributed by atoms with E-state index in [-0.39, 0.29) is 11.7 Å². The van der Waals surface area contributed by atoms with Crippen molar-refractivity contribution in [1.29, 1.82) is 5.26 Å². The quantitative estimate of drug-likeness (QED) is 0.413. The summed E-state index contributed by atoms with van der Waals surface area (Å²) in [5.74, 6) is 0.159. The number of hydrogen-bond acceptors (Lipinski definition) is 6. The molecule has 0 bridgehead atoms. The summed E-state index contributed by atoms with van der Waals surface area (Å²) >= 11 is 2.48. The third-order valence-corrected chi connectivity index (χ3v) is 5.07. The number of nitrogens with zero attached hydrogens (tertiary/aromatic N) is 3. The normalized spacial score (nSPS) is 10.4. The lowest BCUT2D eigenvalue weighted by molar-refractivity contribution is -0.113. The number of nitrogens with one attached hydrogen (secondary N) is 1. The van der Waals surface area contributed by atoms with Crippen molar-refractivity contribution in [2.45, 2.75) is 16.8 Å². The van der Waals surface area contributed by atoms with Gasteiger partial charge in [0.25, 0.3) is 0 Å². The highest BCUT2D eigenvalue weighted by molar-refractivity contribution is 8.03. The van der Waals surface area contributed by atoms with Crippen molar-refractivity contribution in [3.63, 3.8) is 0 Å². The predicted octanol–water partition coefficient (Wildman–Crippen LogP) is 4.24. The maximum atomic E-state index is 12.3. The van der Waals surface area contributed by atoms with Crippen molar-refractivity contribution in [1.82, 2.24) is 9.97 Å². The average molecular weight is 366 g/mol. The molecule has 0 saturated heterocycles. The van der Waals surface area contributed by atoms with Crippen molar-refractivity contribution in [2.24, 2.45) is 0 Å². The summed E-state index contributed by atoms with van der Waals surface area (Å²) in [6.45, 7) is 1.90. The van der Waals surface area contributed by atoms with Crippen LogP contribution in [0.1, 0.15) is 5.56 Å². The SMILES string of the molecule is Cc1cc(SC#N)ccc1NC(=O)CSc1ncnc2ccccc12. The Labute approximate surface area is 153 Å². The number of aromatic nitrogens is 2. The number of aryl methyl sites for hydroxylation is 1. The van der Waals surface area contributed by atoms with E-state index in [1.165, 1.54) is 18.1 Å². The number of carbonyl (C=O) groups excluding carboxylic acids is 1. The smallest absolute Gasteiger partial charge is 0.234 e. The molecule has 1 N–H and O–H groups in total. The lowest BCUT2D eigenvalue weighted by atomic mass is 10.2. The summed E-state index contributed by atoms with van der Waals surface area (Å²) in [4.78, 5) is 21.6. The Morgan fingerprint density at radius 1 is 1.24 bits per heavy atom. The molecule has 0 radical (unpaired) electrons. The summed E-state index contributed by atoms with van der Waals surface area (Å²) in [7, 11) is 0. The fourth-order valence-electron chi connectivity index (χ4n) is 2.31. The molecule has 0 aliphatic carbocycles. The highest BCUT2D eigenvalue weighted by Gasteiger charge is 2.09. The van der Waals surface area contributed by atoms with E-state index in [4.69, 9.17) is 5.26 Å². The summed E-state index contributed by atoms with van der Waals surface area (Å²) in [5.41, 5.74) is 2.54. The number of fused-ring (bicyclic) bond motifs is 1. The lowest BCUT2D eigenvalue weighted by Gasteiger charge is -2.09. The first kappa shape index (κ1) is 17.3. The Balaban J connectivity index is 1.66. The van der Waals surface area contributed by atoms with Gasteiger partial charge in [-0.2, -0.15) is 5.26 Å². The maximum absolute atomic E-state index is 12.3. The van der Waals surface area contributed by atoms with Crippen molar-refractivity contribution in [3.05, 3.63) is 54.4 Å². The molecule has 0 unspecified atom stereocenters. The van der Waals surface area contributed by atoms with Crippen LogP contribution in [0.25, 0.3) is 10.9 Å². The van der Waals surface area contributed by atoms with E-state index >= 15 is 0 Å². The van der Waals surface area contributed by atoms with Crippen LogP contribution in [-0.2, 0) is 4.79 Å². The summed E-state index contributed by atoms with van der Waals surface area (Å²) in [5, 5.41) is 15.4. The second-order valence-electron chi connectivity index (χ2n) is 5.20. The molecule has 124 valence electrons. The van der Waals surface area contributed by atoms with Gasteiger partial charge in [0.05, 0.1) is 11.3 Å². The van der Waals surface area contributed by atoms with E-state index in [0.717, 1.165) is 43.8 Å². The number of nitriles is 1. The number of para-hydroxylation sites is 1. The molecule has 0 fully saturated rings. The topological polar surface area (TPSA) is 78.7 Å². The van der Waals surface area contributed by atoms with Gasteiger partial charge < -0.3 is 5.32 Å². The number of anilines is 1. The van der Waals surface area contributed by atoms with Gasteiger partial charge in [-0.3, -0.25) is 4.79 Å². The highest BCUT2D eigenvalue weighted by atomic mass is 32.2. The first-order chi connectivity index (χ1) is 12.2. The summed E-state index contributed by atoms with van der Waals surface area (Å²) in [6.07, 6.45) is 1.51. The average Bonchev–Trinajstić information content (AvgIpc) is 2.62. The first-order valence-corrected chi connectivity index (χ1v) is 9.26. The molecule has 25 heavy (non-hydrogen) atoms. The Kier molecular flexibility index (Phi) is 5.53. The lowest BCUT2D eigenvalue weighted by Crippen LogP contribution is -2.15. The van der Waals surface area contributed by atoms with Gasteiger partial charge in [-0.25, -0.2) is 9.97 Å². The number of thioether (sulfide) groups is 2. The Hall–Kier alpha value is -2.56. The standard InChI is InChI=1S/C18H14N4OS2/c1-12-8-13(25-10-19)6-7-15(12)22-17(23)9-24-18-14-4-2-3-5-16(14)20-11-21-18/h2-8,11H,9H2,1H3,(H,22,23). The maximum Gasteiger partial charge on any atom is 0.234 e. The van der Waals surface area contributed by atoms with Crippen LogP contribution in [0, 0.1) is 17.6 Å². The van der Waals surface area contributed by atoms with Crippen LogP contribution in [0.15, 0.2) is 58.7 Å². The molecule has 0 aliphatic heterocycles. The van der Waals surface area contributed by atoms with Gasteiger partial charge >= 0.3 is 0 Å². The molecule has 7 heteroatoms. The van der Waals surface area contributed by atoms with Crippen molar-refractivity contribution < 1.29 is 4.79 Å². The van der Waals surface area contributed by atoms with Crippen LogP contribution in [0.5, 0.6) is 0 Å². The van der Waals surface area contributed by atoms with E-state index < -0.39 is 0 Å². The third kappa shape index (κ3) is 4.29. The van der Waals surface area contributed by atoms with Crippen molar-refractivity contribution >= 4 is 46.0 Å². The van der Waals surface area contributed by atoms with Crippen LogP contribution in [0.3, 0.4) is 0 Å². The molecule has 3 aromatic rings. The van der Waals surface area contributed by atoms with E-state index in [1.54, 1.807) is 0 Å². The minimum atomic E-state index is -0.100. The monoisotopic (exact) mass is 366 g/mol. The number of thiocyanates is 1. The van der Waals surface area contributed by atoms with Crippen molar-refractivity contribution in [2.75, 3.05) is 11.1 Å². The molecule has 5 nitrogen and oxygen atoms in total. The number of hydrogen-bond donors (Lipinski definition) is 1. The Morgan fingerprint density at radius 2 is 2.08 bits per heavy atom. The molecular weight excluding hydrogens is 352 g/mol. The van der Waals surface area contributed by atoms with Gasteiger partial charge in [-0.05, 0) is 48.5 Å². The molecule has 1 aromatic heterocycles. The zero-order chi connectivity index (χ0) is 17.6. The van der Waals surface area contributed by atoms with E-state index in [0.29, 0.717) is 0 Å². The van der Waals surface area contributed by atoms with Gasteiger partial charge in [0.2, 0.25) is 5.91 Å². The fourth-order valence-corrected chi connectivity index (χ4v) is 3.57. The molecule has 0 spiro atoms. The fraction of sp³-hybridized carbons (Fsp3) is 0.111. The van der Waals surface area contributed by atoms with Crippen molar-refractivity contribution in [3.8, 4) is 5.40 Å². The minimum Gasteiger partial charge on any atom is -0.325 e. The third-order valence-electron chi connectivity index (χ3n) is 3.48. The molecular formula is C18H14N4OS2. The van der Waals surface area contributed by atoms with Gasteiger partial charge in [0, 0.05) is 16.0 Å². The van der Waals surface area contributed by atoms with Crippen LogP contribution in [0.4, 0.5) is 5.69 Å². The molecule has 3 rings (SSSR count). The molecule has 2 aromatic carbocycles. The van der Waals surface area contributed by atoms with E-state index in [1.807, 2.05) is 54.8 Å². The molecule has 1 amide bonds. The van der Waals surface area contributed by atoms with Gasteiger partial charge in [0.1, 0.15) is 16.8 Å². The zero-order valence-corrected chi connectivity index (χ0v) is 15.0. The molecule has 0 saturated carbocycles. The number of rotatable bonds is 5. The van der Waals surface area contributed by atoms with Crippen LogP contribution >= 0.6 is 23.5 Å². The second kappa shape index (κ2) is 8.01. The van der Waals surface area contributed by atoms with Gasteiger partial charge in [0.15, 0.2) is 0 Å². The highest BCUT2D eigenvalue weighted by Crippen LogP contribution is 2.26. The number of carbonyl (C=O) groups is 1. The molecule has 1 heterocycles. The van der Waals surface area contributed by atoms with E-state index in [2.05, 4.69) is 15.3 Å². The number of amides is 1. The van der Waals surface area contributed by atoms with Crippen LogP contribution in [0.2, 0.25) is 0 Å². The largest absolute Gasteiger partial charge is 0.325 e.